The second-order valence-corrected chi connectivity index (χ2v) is 6.42. The first kappa shape index (κ1) is 18.1. The van der Waals surface area contributed by atoms with Gasteiger partial charge in [-0.25, -0.2) is 4.79 Å². The number of hydrogen-bond acceptors (Lipinski definition) is 5. The number of fused-ring (bicyclic) bond motifs is 1. The van der Waals surface area contributed by atoms with E-state index in [1.165, 1.54) is 12.1 Å². The number of ether oxygens (including phenoxy) is 1. The van der Waals surface area contributed by atoms with Crippen LogP contribution >= 0.6 is 0 Å². The first-order chi connectivity index (χ1) is 12.8. The SMILES string of the molecule is Cc1cc2c(cc1OC(C)C)c(C#N)cn2-c1ccc(C(=O)O)c(N=O)c1. The van der Waals surface area contributed by atoms with Crippen LogP contribution in [0, 0.1) is 23.2 Å². The van der Waals surface area contributed by atoms with Crippen LogP contribution in [0.4, 0.5) is 5.69 Å². The van der Waals surface area contributed by atoms with Gasteiger partial charge in [-0.2, -0.15) is 5.26 Å². The lowest BCUT2D eigenvalue weighted by atomic mass is 10.1. The molecule has 1 heterocycles. The van der Waals surface area contributed by atoms with Crippen molar-refractivity contribution in [3.8, 4) is 17.5 Å². The highest BCUT2D eigenvalue weighted by molar-refractivity contribution is 5.94. The topological polar surface area (TPSA) is 105 Å². The monoisotopic (exact) mass is 363 g/mol. The van der Waals surface area contributed by atoms with Crippen LogP contribution in [0.25, 0.3) is 16.6 Å². The van der Waals surface area contributed by atoms with Gasteiger partial charge in [0, 0.05) is 17.3 Å². The molecule has 136 valence electrons. The van der Waals surface area contributed by atoms with E-state index in [9.17, 15) is 15.0 Å². The molecule has 0 fully saturated rings. The van der Waals surface area contributed by atoms with Gasteiger partial charge in [-0.15, -0.1) is 4.91 Å². The van der Waals surface area contributed by atoms with Crippen LogP contribution in [-0.4, -0.2) is 21.7 Å². The van der Waals surface area contributed by atoms with E-state index in [4.69, 9.17) is 9.84 Å². The van der Waals surface area contributed by atoms with Crippen LogP contribution in [0.2, 0.25) is 0 Å². The second-order valence-electron chi connectivity index (χ2n) is 6.42. The zero-order chi connectivity index (χ0) is 19.7. The van der Waals surface area contributed by atoms with Gasteiger partial charge >= 0.3 is 5.97 Å². The van der Waals surface area contributed by atoms with E-state index in [0.29, 0.717) is 22.4 Å². The van der Waals surface area contributed by atoms with Crippen LogP contribution < -0.4 is 4.74 Å². The number of aromatic carboxylic acids is 1. The molecule has 2 aromatic carbocycles. The average molecular weight is 363 g/mol. The Hall–Kier alpha value is -3.66. The highest BCUT2D eigenvalue weighted by Gasteiger charge is 2.16. The number of nitriles is 1. The molecule has 3 rings (SSSR count). The molecule has 0 aliphatic rings. The van der Waals surface area contributed by atoms with E-state index in [2.05, 4.69) is 11.2 Å². The van der Waals surface area contributed by atoms with Gasteiger partial charge < -0.3 is 14.4 Å². The molecule has 0 unspecified atom stereocenters. The van der Waals surface area contributed by atoms with E-state index in [0.717, 1.165) is 11.1 Å². The van der Waals surface area contributed by atoms with Gasteiger partial charge in [0.15, 0.2) is 0 Å². The Morgan fingerprint density at radius 3 is 2.63 bits per heavy atom. The normalized spacial score (nSPS) is 10.8. The number of benzene rings is 2. The number of aryl methyl sites for hydroxylation is 1. The number of rotatable bonds is 5. The number of nitroso groups, excluding NO2 is 1. The summed E-state index contributed by atoms with van der Waals surface area (Å²) >= 11 is 0. The minimum Gasteiger partial charge on any atom is -0.491 e. The number of carboxylic acids is 1. The summed E-state index contributed by atoms with van der Waals surface area (Å²) in [6.07, 6.45) is 1.65. The van der Waals surface area contributed by atoms with Crippen molar-refractivity contribution in [2.24, 2.45) is 5.18 Å². The summed E-state index contributed by atoms with van der Waals surface area (Å²) in [5, 5.41) is 22.2. The standard InChI is InChI=1S/C20H17N3O4/c1-11(2)27-19-8-16-13(9-21)10-23(18(16)6-12(19)3)14-4-5-15(20(24)25)17(7-14)22-26/h4-8,10-11H,1-3H3,(H,24,25). The fourth-order valence-corrected chi connectivity index (χ4v) is 2.97. The Kier molecular flexibility index (Phi) is 4.65. The third-order valence-corrected chi connectivity index (χ3v) is 4.17. The minimum atomic E-state index is -1.22. The van der Waals surface area contributed by atoms with Crippen molar-refractivity contribution >= 4 is 22.6 Å². The van der Waals surface area contributed by atoms with E-state index in [1.54, 1.807) is 16.8 Å². The third kappa shape index (κ3) is 3.25. The largest absolute Gasteiger partial charge is 0.491 e. The number of hydrogen-bond donors (Lipinski definition) is 1. The number of carbonyl (C=O) groups is 1. The van der Waals surface area contributed by atoms with Gasteiger partial charge in [-0.05, 0) is 61.8 Å². The van der Waals surface area contributed by atoms with Crippen LogP contribution in [0.15, 0.2) is 41.7 Å². The summed E-state index contributed by atoms with van der Waals surface area (Å²) in [5.74, 6) is -0.527. The van der Waals surface area contributed by atoms with Gasteiger partial charge in [-0.1, -0.05) is 0 Å². The van der Waals surface area contributed by atoms with Crippen LogP contribution in [-0.2, 0) is 0 Å². The first-order valence-electron chi connectivity index (χ1n) is 8.29. The molecule has 0 bridgehead atoms. The van der Waals surface area contributed by atoms with Crippen molar-refractivity contribution < 1.29 is 14.6 Å². The molecule has 27 heavy (non-hydrogen) atoms. The molecule has 3 aromatic rings. The Labute approximate surface area is 155 Å². The van der Waals surface area contributed by atoms with Crippen LogP contribution in [0.3, 0.4) is 0 Å². The van der Waals surface area contributed by atoms with Crippen LogP contribution in [0.1, 0.15) is 35.3 Å². The molecule has 0 aliphatic carbocycles. The van der Waals surface area contributed by atoms with E-state index >= 15 is 0 Å². The molecule has 0 amide bonds. The third-order valence-electron chi connectivity index (χ3n) is 4.17. The summed E-state index contributed by atoms with van der Waals surface area (Å²) in [5.41, 5.74) is 2.29. The van der Waals surface area contributed by atoms with Gasteiger partial charge in [0.25, 0.3) is 0 Å². The lowest BCUT2D eigenvalue weighted by molar-refractivity contribution is 0.0698. The van der Waals surface area contributed by atoms with E-state index < -0.39 is 5.97 Å². The maximum atomic E-state index is 11.2. The summed E-state index contributed by atoms with van der Waals surface area (Å²) in [6, 6.07) is 10.2. The zero-order valence-electron chi connectivity index (χ0n) is 15.1. The molecular weight excluding hydrogens is 346 g/mol. The summed E-state index contributed by atoms with van der Waals surface area (Å²) in [4.78, 5) is 22.2. The van der Waals surface area contributed by atoms with Gasteiger partial charge in [-0.3, -0.25) is 0 Å². The van der Waals surface area contributed by atoms with E-state index in [1.807, 2.05) is 32.9 Å². The molecule has 7 nitrogen and oxygen atoms in total. The molecule has 0 saturated carbocycles. The predicted octanol–water partition coefficient (Wildman–Crippen LogP) is 4.69. The van der Waals surface area contributed by atoms with Crippen molar-refractivity contribution in [3.63, 3.8) is 0 Å². The molecule has 7 heteroatoms. The van der Waals surface area contributed by atoms with Crippen molar-refractivity contribution in [3.05, 3.63) is 58.1 Å². The van der Waals surface area contributed by atoms with Gasteiger partial charge in [0.05, 0.1) is 22.7 Å². The van der Waals surface area contributed by atoms with Crippen molar-refractivity contribution in [1.82, 2.24) is 4.57 Å². The first-order valence-corrected chi connectivity index (χ1v) is 8.29. The highest BCUT2D eigenvalue weighted by atomic mass is 16.5. The Bertz CT molecular complexity index is 1110. The molecule has 0 atom stereocenters. The van der Waals surface area contributed by atoms with Crippen LogP contribution in [0.5, 0.6) is 5.75 Å². The molecule has 1 N–H and O–H groups in total. The molecule has 0 saturated heterocycles. The summed E-state index contributed by atoms with van der Waals surface area (Å²) < 4.78 is 7.54. The number of nitrogens with zero attached hydrogens (tertiary/aromatic N) is 3. The van der Waals surface area contributed by atoms with Crippen molar-refractivity contribution in [1.29, 1.82) is 5.26 Å². The van der Waals surface area contributed by atoms with Crippen molar-refractivity contribution in [2.45, 2.75) is 26.9 Å². The fraction of sp³-hybridized carbons (Fsp3) is 0.200. The average Bonchev–Trinajstić information content (AvgIpc) is 2.98. The smallest absolute Gasteiger partial charge is 0.338 e. The minimum absolute atomic E-state index is 0.00133. The molecular formula is C20H17N3O4. The molecule has 0 spiro atoms. The summed E-state index contributed by atoms with van der Waals surface area (Å²) in [7, 11) is 0. The second kappa shape index (κ2) is 6.92. The Morgan fingerprint density at radius 2 is 2.04 bits per heavy atom. The molecule has 0 radical (unpaired) electrons. The maximum Gasteiger partial charge on any atom is 0.338 e. The predicted molar refractivity (Wildman–Crippen MR) is 101 cm³/mol. The van der Waals surface area contributed by atoms with Gasteiger partial charge in [0.1, 0.15) is 17.5 Å². The summed E-state index contributed by atoms with van der Waals surface area (Å²) in [6.45, 7) is 5.77. The Morgan fingerprint density at radius 1 is 1.30 bits per heavy atom. The van der Waals surface area contributed by atoms with E-state index in [-0.39, 0.29) is 17.4 Å². The van der Waals surface area contributed by atoms with Crippen molar-refractivity contribution in [2.75, 3.05) is 0 Å². The lowest BCUT2D eigenvalue weighted by Crippen LogP contribution is -2.06. The number of carboxylic acid groups (broad SMARTS) is 1. The Balaban J connectivity index is 2.24. The maximum absolute atomic E-state index is 11.2. The highest BCUT2D eigenvalue weighted by Crippen LogP contribution is 2.33. The number of aromatic nitrogens is 1. The quantitative estimate of drug-likeness (QED) is 0.662. The fourth-order valence-electron chi connectivity index (χ4n) is 2.97. The lowest BCUT2D eigenvalue weighted by Gasteiger charge is -2.13. The molecule has 1 aromatic heterocycles. The molecule has 0 aliphatic heterocycles. The zero-order valence-corrected chi connectivity index (χ0v) is 15.1. The van der Waals surface area contributed by atoms with Gasteiger partial charge in [0.2, 0.25) is 0 Å².